The SMILES string of the molecule is COc1cc(C(C)=O)ccc1OC[C@H](O)C[NH2+]C1CCCCCC1. The molecule has 0 aliphatic heterocycles. The van der Waals surface area contributed by atoms with Crippen LogP contribution in [0.25, 0.3) is 0 Å². The molecular weight excluding hydrogens is 306 g/mol. The number of methoxy groups -OCH3 is 1. The second-order valence-electron chi connectivity index (χ2n) is 6.61. The van der Waals surface area contributed by atoms with Crippen LogP contribution in [0.4, 0.5) is 0 Å². The molecule has 0 bridgehead atoms. The van der Waals surface area contributed by atoms with Gasteiger partial charge in [-0.3, -0.25) is 4.79 Å². The zero-order chi connectivity index (χ0) is 17.4. The third-order valence-corrected chi connectivity index (χ3v) is 4.64. The molecule has 1 atom stereocenters. The van der Waals surface area contributed by atoms with Crippen molar-refractivity contribution in [2.45, 2.75) is 57.6 Å². The number of rotatable bonds is 8. The third kappa shape index (κ3) is 5.80. The molecule has 0 saturated heterocycles. The van der Waals surface area contributed by atoms with Crippen LogP contribution in [0.2, 0.25) is 0 Å². The van der Waals surface area contributed by atoms with Gasteiger partial charge in [-0.2, -0.15) is 0 Å². The summed E-state index contributed by atoms with van der Waals surface area (Å²) in [6, 6.07) is 5.73. The fraction of sp³-hybridized carbons (Fsp3) is 0.632. The van der Waals surface area contributed by atoms with Crippen LogP contribution in [-0.4, -0.2) is 43.3 Å². The first-order chi connectivity index (χ1) is 11.6. The first kappa shape index (κ1) is 18.7. The lowest BCUT2D eigenvalue weighted by atomic mass is 10.1. The molecule has 24 heavy (non-hydrogen) atoms. The van der Waals surface area contributed by atoms with Gasteiger partial charge in [0, 0.05) is 5.56 Å². The highest BCUT2D eigenvalue weighted by Crippen LogP contribution is 2.28. The number of nitrogens with two attached hydrogens (primary N) is 1. The summed E-state index contributed by atoms with van der Waals surface area (Å²) in [4.78, 5) is 11.4. The molecule has 1 aliphatic carbocycles. The van der Waals surface area contributed by atoms with Crippen molar-refractivity contribution in [2.75, 3.05) is 20.3 Å². The molecule has 5 heteroatoms. The number of carbonyl (C=O) groups excluding carboxylic acids is 1. The summed E-state index contributed by atoms with van der Waals surface area (Å²) in [5.74, 6) is 1.05. The summed E-state index contributed by atoms with van der Waals surface area (Å²) in [5, 5.41) is 12.4. The van der Waals surface area contributed by atoms with Crippen molar-refractivity contribution in [3.63, 3.8) is 0 Å². The molecular formula is C19H30NO4+. The van der Waals surface area contributed by atoms with Gasteiger partial charge in [0.15, 0.2) is 17.3 Å². The van der Waals surface area contributed by atoms with Crippen molar-refractivity contribution in [3.8, 4) is 11.5 Å². The molecule has 2 rings (SSSR count). The van der Waals surface area contributed by atoms with Gasteiger partial charge in [0.2, 0.25) is 0 Å². The molecule has 134 valence electrons. The molecule has 0 unspecified atom stereocenters. The maximum absolute atomic E-state index is 11.4. The van der Waals surface area contributed by atoms with E-state index in [4.69, 9.17) is 9.47 Å². The second-order valence-corrected chi connectivity index (χ2v) is 6.61. The quantitative estimate of drug-likeness (QED) is 0.562. The number of aliphatic hydroxyl groups excluding tert-OH is 1. The van der Waals surface area contributed by atoms with E-state index < -0.39 is 6.10 Å². The van der Waals surface area contributed by atoms with Crippen LogP contribution in [0.3, 0.4) is 0 Å². The maximum atomic E-state index is 11.4. The normalized spacial score (nSPS) is 17.1. The molecule has 1 aromatic rings. The number of ketones is 1. The van der Waals surface area contributed by atoms with Crippen LogP contribution in [0.5, 0.6) is 11.5 Å². The Labute approximate surface area is 144 Å². The Bertz CT molecular complexity index is 524. The minimum absolute atomic E-state index is 0.0158. The molecule has 0 amide bonds. The zero-order valence-electron chi connectivity index (χ0n) is 14.8. The van der Waals surface area contributed by atoms with Gasteiger partial charge in [0.05, 0.1) is 13.2 Å². The monoisotopic (exact) mass is 336 g/mol. The summed E-state index contributed by atoms with van der Waals surface area (Å²) >= 11 is 0. The lowest BCUT2D eigenvalue weighted by Crippen LogP contribution is -2.91. The molecule has 0 spiro atoms. The highest BCUT2D eigenvalue weighted by atomic mass is 16.5. The average molecular weight is 336 g/mol. The minimum Gasteiger partial charge on any atom is -0.493 e. The Kier molecular flexibility index (Phi) is 7.53. The number of hydrogen-bond acceptors (Lipinski definition) is 4. The predicted octanol–water partition coefficient (Wildman–Crippen LogP) is 1.92. The van der Waals surface area contributed by atoms with Crippen LogP contribution in [0, 0.1) is 0 Å². The summed E-state index contributed by atoms with van der Waals surface area (Å²) in [6.07, 6.45) is 7.24. The molecule has 5 nitrogen and oxygen atoms in total. The van der Waals surface area contributed by atoms with Gasteiger partial charge in [0.1, 0.15) is 19.3 Å². The van der Waals surface area contributed by atoms with E-state index in [1.165, 1.54) is 45.4 Å². The first-order valence-electron chi connectivity index (χ1n) is 8.93. The van der Waals surface area contributed by atoms with E-state index in [0.29, 0.717) is 29.6 Å². The lowest BCUT2D eigenvalue weighted by molar-refractivity contribution is -0.695. The molecule has 3 N–H and O–H groups in total. The number of benzene rings is 1. The van der Waals surface area contributed by atoms with Crippen molar-refractivity contribution in [1.82, 2.24) is 0 Å². The van der Waals surface area contributed by atoms with Crippen LogP contribution >= 0.6 is 0 Å². The smallest absolute Gasteiger partial charge is 0.161 e. The molecule has 1 aliphatic rings. The van der Waals surface area contributed by atoms with Crippen LogP contribution < -0.4 is 14.8 Å². The molecule has 1 fully saturated rings. The lowest BCUT2D eigenvalue weighted by Gasteiger charge is -2.17. The van der Waals surface area contributed by atoms with E-state index in [-0.39, 0.29) is 12.4 Å². The standard InChI is InChI=1S/C19H29NO4/c1-14(21)15-9-10-18(19(11-15)23-2)24-13-17(22)12-20-16-7-5-3-4-6-8-16/h9-11,16-17,20,22H,3-8,12-13H2,1-2H3/p+1/t17-/m1/s1. The van der Waals surface area contributed by atoms with E-state index in [2.05, 4.69) is 5.32 Å². The third-order valence-electron chi connectivity index (χ3n) is 4.64. The van der Waals surface area contributed by atoms with E-state index >= 15 is 0 Å². The Morgan fingerprint density at radius 3 is 2.58 bits per heavy atom. The van der Waals surface area contributed by atoms with E-state index in [9.17, 15) is 9.90 Å². The number of quaternary nitrogens is 1. The van der Waals surface area contributed by atoms with Gasteiger partial charge in [-0.1, -0.05) is 12.8 Å². The fourth-order valence-corrected chi connectivity index (χ4v) is 3.16. The van der Waals surface area contributed by atoms with Gasteiger partial charge in [0.25, 0.3) is 0 Å². The van der Waals surface area contributed by atoms with E-state index in [0.717, 1.165) is 0 Å². The minimum atomic E-state index is -0.523. The van der Waals surface area contributed by atoms with Gasteiger partial charge in [-0.05, 0) is 50.8 Å². The van der Waals surface area contributed by atoms with Crippen molar-refractivity contribution >= 4 is 5.78 Å². The average Bonchev–Trinajstić information content (AvgIpc) is 2.86. The Morgan fingerprint density at radius 1 is 1.25 bits per heavy atom. The maximum Gasteiger partial charge on any atom is 0.161 e. The van der Waals surface area contributed by atoms with Gasteiger partial charge in [-0.15, -0.1) is 0 Å². The van der Waals surface area contributed by atoms with Gasteiger partial charge < -0.3 is 19.9 Å². The molecule has 0 heterocycles. The first-order valence-corrected chi connectivity index (χ1v) is 8.93. The number of hydrogen-bond donors (Lipinski definition) is 2. The summed E-state index contributed by atoms with van der Waals surface area (Å²) in [6.45, 7) is 2.39. The second kappa shape index (κ2) is 9.64. The van der Waals surface area contributed by atoms with Crippen molar-refractivity contribution in [2.24, 2.45) is 0 Å². The molecule has 1 saturated carbocycles. The summed E-state index contributed by atoms with van der Waals surface area (Å²) < 4.78 is 11.0. The summed E-state index contributed by atoms with van der Waals surface area (Å²) in [7, 11) is 1.54. The number of aliphatic hydroxyl groups is 1. The van der Waals surface area contributed by atoms with Crippen LogP contribution in [-0.2, 0) is 0 Å². The van der Waals surface area contributed by atoms with E-state index in [1.807, 2.05) is 0 Å². The Morgan fingerprint density at radius 2 is 1.96 bits per heavy atom. The van der Waals surface area contributed by atoms with Crippen molar-refractivity contribution in [1.29, 1.82) is 0 Å². The van der Waals surface area contributed by atoms with Crippen molar-refractivity contribution < 1.29 is 24.7 Å². The highest BCUT2D eigenvalue weighted by Gasteiger charge is 2.17. The molecule has 0 aromatic heterocycles. The number of Topliss-reactive ketones (excluding diaryl/α,β-unsaturated/α-hetero) is 1. The van der Waals surface area contributed by atoms with E-state index in [1.54, 1.807) is 25.3 Å². The zero-order valence-corrected chi connectivity index (χ0v) is 14.8. The molecule has 0 radical (unpaired) electrons. The number of carbonyl (C=O) groups is 1. The van der Waals surface area contributed by atoms with Crippen LogP contribution in [0.1, 0.15) is 55.8 Å². The fourth-order valence-electron chi connectivity index (χ4n) is 3.16. The Balaban J connectivity index is 1.80. The predicted molar refractivity (Wildman–Crippen MR) is 92.8 cm³/mol. The Hall–Kier alpha value is -1.59. The largest absolute Gasteiger partial charge is 0.493 e. The summed E-state index contributed by atoms with van der Waals surface area (Å²) in [5.41, 5.74) is 0.585. The number of ether oxygens (including phenoxy) is 2. The van der Waals surface area contributed by atoms with Gasteiger partial charge in [-0.25, -0.2) is 0 Å². The topological polar surface area (TPSA) is 72.4 Å². The van der Waals surface area contributed by atoms with Crippen molar-refractivity contribution in [3.05, 3.63) is 23.8 Å². The highest BCUT2D eigenvalue weighted by molar-refractivity contribution is 5.94. The van der Waals surface area contributed by atoms with Crippen LogP contribution in [0.15, 0.2) is 18.2 Å². The molecule has 1 aromatic carbocycles. The van der Waals surface area contributed by atoms with Gasteiger partial charge >= 0.3 is 0 Å².